The molecule has 1 aliphatic heterocycles. The molecule has 2 rings (SSSR count). The quantitative estimate of drug-likeness (QED) is 0.862. The summed E-state index contributed by atoms with van der Waals surface area (Å²) in [5.74, 6) is -0.441. The number of benzene rings is 1. The molecule has 0 spiro atoms. The average molecular weight is 281 g/mol. The molecule has 2 N–H and O–H groups in total. The van der Waals surface area contributed by atoms with E-state index in [1.165, 1.54) is 17.0 Å². The molecule has 0 unspecified atom stereocenters. The number of rotatable bonds is 3. The van der Waals surface area contributed by atoms with Gasteiger partial charge < -0.3 is 15.0 Å². The van der Waals surface area contributed by atoms with Crippen LogP contribution in [0.5, 0.6) is 0 Å². The van der Waals surface area contributed by atoms with Crippen molar-refractivity contribution >= 4 is 11.6 Å². The van der Waals surface area contributed by atoms with Gasteiger partial charge in [0.1, 0.15) is 31.1 Å². The third kappa shape index (κ3) is 3.77. The minimum absolute atomic E-state index is 0.0908. The Morgan fingerprint density at radius 1 is 1.40 bits per heavy atom. The molecule has 1 aromatic carbocycles. The maximum Gasteiger partial charge on any atom is 0.282 e. The first-order valence-corrected chi connectivity index (χ1v) is 7.02. The summed E-state index contributed by atoms with van der Waals surface area (Å²) >= 11 is 0. The molecule has 0 saturated carbocycles. The number of nitrogens with one attached hydrogen (secondary N) is 2. The highest BCUT2D eigenvalue weighted by Crippen LogP contribution is 2.09. The fourth-order valence-corrected chi connectivity index (χ4v) is 2.67. The predicted octanol–water partition coefficient (Wildman–Crippen LogP) is 0.845. The molecule has 1 saturated heterocycles. The number of carbonyl (C=O) groups excluding carboxylic acids is 1. The minimum Gasteiger partial charge on any atom is -0.364 e. The number of hydrogen-bond acceptors (Lipinski definition) is 2. The lowest BCUT2D eigenvalue weighted by Crippen LogP contribution is -3.19. The van der Waals surface area contributed by atoms with Gasteiger partial charge in [-0.3, -0.25) is 4.79 Å². The van der Waals surface area contributed by atoms with E-state index in [1.807, 2.05) is 20.8 Å². The average Bonchev–Trinajstić information content (AvgIpc) is 2.36. The molecule has 1 amide bonds. The lowest BCUT2D eigenvalue weighted by molar-refractivity contribution is -0.928. The number of carbonyl (C=O) groups is 1. The number of halogens is 1. The summed E-state index contributed by atoms with van der Waals surface area (Å²) in [5, 5.41) is 2.77. The molecule has 3 atom stereocenters. The van der Waals surface area contributed by atoms with Gasteiger partial charge in [-0.1, -0.05) is 6.07 Å². The summed E-state index contributed by atoms with van der Waals surface area (Å²) in [6.45, 7) is 7.55. The summed E-state index contributed by atoms with van der Waals surface area (Å²) < 4.78 is 18.8. The highest BCUT2D eigenvalue weighted by Gasteiger charge is 2.32. The van der Waals surface area contributed by atoms with Crippen LogP contribution in [-0.4, -0.2) is 37.2 Å². The van der Waals surface area contributed by atoms with Crippen molar-refractivity contribution in [2.75, 3.05) is 18.4 Å². The molecule has 0 radical (unpaired) electrons. The second-order valence-corrected chi connectivity index (χ2v) is 5.55. The van der Waals surface area contributed by atoms with Crippen LogP contribution in [0.3, 0.4) is 0 Å². The zero-order chi connectivity index (χ0) is 14.7. The monoisotopic (exact) mass is 281 g/mol. The minimum atomic E-state index is -0.351. The van der Waals surface area contributed by atoms with Crippen molar-refractivity contribution in [1.29, 1.82) is 0 Å². The Labute approximate surface area is 118 Å². The lowest BCUT2D eigenvalue weighted by Gasteiger charge is -2.35. The molecular weight excluding hydrogens is 259 g/mol. The van der Waals surface area contributed by atoms with Crippen LogP contribution in [0.25, 0.3) is 0 Å². The van der Waals surface area contributed by atoms with Crippen LogP contribution in [0.2, 0.25) is 0 Å². The molecule has 1 aromatic rings. The number of hydrogen-bond donors (Lipinski definition) is 2. The van der Waals surface area contributed by atoms with Crippen molar-refractivity contribution < 1.29 is 18.8 Å². The third-order valence-electron chi connectivity index (χ3n) is 3.66. The predicted molar refractivity (Wildman–Crippen MR) is 75.2 cm³/mol. The molecule has 1 heterocycles. The first kappa shape index (κ1) is 14.9. The summed E-state index contributed by atoms with van der Waals surface area (Å²) in [4.78, 5) is 13.4. The van der Waals surface area contributed by atoms with Crippen molar-refractivity contribution in [2.24, 2.45) is 0 Å². The fourth-order valence-electron chi connectivity index (χ4n) is 2.67. The van der Waals surface area contributed by atoms with Gasteiger partial charge in [0.2, 0.25) is 0 Å². The van der Waals surface area contributed by atoms with Gasteiger partial charge in [0.15, 0.2) is 6.04 Å². The number of amides is 1. The van der Waals surface area contributed by atoms with Gasteiger partial charge >= 0.3 is 0 Å². The SMILES string of the molecule is C[C@H]1C[NH+]([C@@H](C)C(=O)Nc2cccc(F)c2)C[C@H](C)O1. The van der Waals surface area contributed by atoms with Gasteiger partial charge in [0, 0.05) is 5.69 Å². The molecule has 0 aromatic heterocycles. The van der Waals surface area contributed by atoms with Gasteiger partial charge in [0.05, 0.1) is 0 Å². The second kappa shape index (κ2) is 6.33. The Morgan fingerprint density at radius 2 is 2.05 bits per heavy atom. The Kier molecular flexibility index (Phi) is 4.73. The van der Waals surface area contributed by atoms with E-state index in [4.69, 9.17) is 4.74 Å². The largest absolute Gasteiger partial charge is 0.364 e. The molecule has 0 aliphatic carbocycles. The van der Waals surface area contributed by atoms with Gasteiger partial charge in [-0.05, 0) is 39.0 Å². The maximum absolute atomic E-state index is 13.1. The first-order valence-electron chi connectivity index (χ1n) is 7.02. The Hall–Kier alpha value is -1.46. The third-order valence-corrected chi connectivity index (χ3v) is 3.66. The maximum atomic E-state index is 13.1. The van der Waals surface area contributed by atoms with Crippen LogP contribution in [0, 0.1) is 5.82 Å². The Balaban J connectivity index is 1.98. The van der Waals surface area contributed by atoms with Gasteiger partial charge in [-0.25, -0.2) is 4.39 Å². The fraction of sp³-hybridized carbons (Fsp3) is 0.533. The first-order chi connectivity index (χ1) is 9.45. The molecular formula is C15H22FN2O2+. The zero-order valence-electron chi connectivity index (χ0n) is 12.2. The van der Waals surface area contributed by atoms with Crippen molar-refractivity contribution in [1.82, 2.24) is 0 Å². The summed E-state index contributed by atoms with van der Waals surface area (Å²) in [5.41, 5.74) is 0.496. The topological polar surface area (TPSA) is 42.8 Å². The molecule has 1 aliphatic rings. The molecule has 20 heavy (non-hydrogen) atoms. The van der Waals surface area contributed by atoms with E-state index in [0.29, 0.717) is 5.69 Å². The molecule has 0 bridgehead atoms. The van der Waals surface area contributed by atoms with Crippen molar-refractivity contribution in [3.05, 3.63) is 30.1 Å². The van der Waals surface area contributed by atoms with Crippen LogP contribution in [0.4, 0.5) is 10.1 Å². The van der Waals surface area contributed by atoms with E-state index in [0.717, 1.165) is 13.1 Å². The van der Waals surface area contributed by atoms with Gasteiger partial charge in [-0.15, -0.1) is 0 Å². The number of anilines is 1. The Morgan fingerprint density at radius 3 is 2.65 bits per heavy atom. The summed E-state index contributed by atoms with van der Waals surface area (Å²) in [6.07, 6.45) is 0.302. The normalized spacial score (nSPS) is 27.9. The van der Waals surface area contributed by atoms with E-state index in [9.17, 15) is 9.18 Å². The number of quaternary nitrogens is 1. The smallest absolute Gasteiger partial charge is 0.282 e. The standard InChI is InChI=1S/C15H21FN2O2/c1-10-8-18(9-11(2)20-10)12(3)15(19)17-14-6-4-5-13(16)7-14/h4-7,10-12H,8-9H2,1-3H3,(H,17,19)/p+1/t10-,11-,12-/m0/s1. The Bertz CT molecular complexity index is 471. The number of ether oxygens (including phenoxy) is 1. The van der Waals surface area contributed by atoms with E-state index in [-0.39, 0.29) is 30.0 Å². The van der Waals surface area contributed by atoms with Crippen molar-refractivity contribution in [3.63, 3.8) is 0 Å². The van der Waals surface area contributed by atoms with Crippen LogP contribution in [-0.2, 0) is 9.53 Å². The van der Waals surface area contributed by atoms with Crippen LogP contribution >= 0.6 is 0 Å². The van der Waals surface area contributed by atoms with Gasteiger partial charge in [0.25, 0.3) is 5.91 Å². The summed E-state index contributed by atoms with van der Waals surface area (Å²) in [6, 6.07) is 5.77. The summed E-state index contributed by atoms with van der Waals surface area (Å²) in [7, 11) is 0. The molecule has 1 fully saturated rings. The van der Waals surface area contributed by atoms with E-state index in [1.54, 1.807) is 12.1 Å². The van der Waals surface area contributed by atoms with Crippen LogP contribution in [0.15, 0.2) is 24.3 Å². The van der Waals surface area contributed by atoms with Crippen LogP contribution in [0.1, 0.15) is 20.8 Å². The van der Waals surface area contributed by atoms with E-state index in [2.05, 4.69) is 5.32 Å². The highest BCUT2D eigenvalue weighted by atomic mass is 19.1. The van der Waals surface area contributed by atoms with E-state index < -0.39 is 0 Å². The highest BCUT2D eigenvalue weighted by molar-refractivity contribution is 5.93. The molecule has 5 heteroatoms. The zero-order valence-corrected chi connectivity index (χ0v) is 12.2. The number of morpholine rings is 1. The lowest BCUT2D eigenvalue weighted by atomic mass is 10.1. The van der Waals surface area contributed by atoms with Gasteiger partial charge in [-0.2, -0.15) is 0 Å². The molecule has 4 nitrogen and oxygen atoms in total. The van der Waals surface area contributed by atoms with Crippen LogP contribution < -0.4 is 10.2 Å². The van der Waals surface area contributed by atoms with Crippen molar-refractivity contribution in [3.8, 4) is 0 Å². The van der Waals surface area contributed by atoms with Crippen molar-refractivity contribution in [2.45, 2.75) is 39.0 Å². The van der Waals surface area contributed by atoms with E-state index >= 15 is 0 Å². The second-order valence-electron chi connectivity index (χ2n) is 5.55. The molecule has 110 valence electrons.